The van der Waals surface area contributed by atoms with E-state index in [0.29, 0.717) is 36.9 Å². The van der Waals surface area contributed by atoms with Crippen LogP contribution in [-0.2, 0) is 4.79 Å². The molecule has 0 unspecified atom stereocenters. The molecule has 136 valence electrons. The molecule has 1 N–H and O–H groups in total. The third-order valence-electron chi connectivity index (χ3n) is 4.44. The maximum absolute atomic E-state index is 12.6. The van der Waals surface area contributed by atoms with Gasteiger partial charge in [0.25, 0.3) is 5.91 Å². The lowest BCUT2D eigenvalue weighted by Crippen LogP contribution is -2.50. The van der Waals surface area contributed by atoms with E-state index in [1.54, 1.807) is 12.1 Å². The standard InChI is InChI=1S/C20H22ClN3O2/c1-15-5-4-6-16(13-15)20(26)24-11-9-23(10-12-24)14-19(25)22-18-8-3-2-7-17(18)21/h2-8,13H,9-12,14H2,1H3,(H,22,25). The van der Waals surface area contributed by atoms with E-state index in [-0.39, 0.29) is 18.4 Å². The third-order valence-corrected chi connectivity index (χ3v) is 4.77. The van der Waals surface area contributed by atoms with Crippen molar-refractivity contribution in [3.63, 3.8) is 0 Å². The fourth-order valence-corrected chi connectivity index (χ4v) is 3.21. The summed E-state index contributed by atoms with van der Waals surface area (Å²) in [5.74, 6) is -0.0505. The molecular formula is C20H22ClN3O2. The fourth-order valence-electron chi connectivity index (χ4n) is 3.03. The summed E-state index contributed by atoms with van der Waals surface area (Å²) in [5.41, 5.74) is 2.41. The second kappa shape index (κ2) is 8.34. The Morgan fingerprint density at radius 3 is 2.46 bits per heavy atom. The number of para-hydroxylation sites is 1. The van der Waals surface area contributed by atoms with Crippen LogP contribution in [0.15, 0.2) is 48.5 Å². The maximum Gasteiger partial charge on any atom is 0.253 e. The van der Waals surface area contributed by atoms with Crippen LogP contribution in [0.1, 0.15) is 15.9 Å². The minimum Gasteiger partial charge on any atom is -0.336 e. The summed E-state index contributed by atoms with van der Waals surface area (Å²) in [7, 11) is 0. The topological polar surface area (TPSA) is 52.7 Å². The van der Waals surface area contributed by atoms with Gasteiger partial charge in [-0.2, -0.15) is 0 Å². The van der Waals surface area contributed by atoms with Gasteiger partial charge >= 0.3 is 0 Å². The molecule has 1 fully saturated rings. The molecule has 0 bridgehead atoms. The summed E-state index contributed by atoms with van der Waals surface area (Å²) in [6.45, 7) is 4.85. The van der Waals surface area contributed by atoms with Crippen molar-refractivity contribution in [2.75, 3.05) is 38.0 Å². The van der Waals surface area contributed by atoms with Crippen molar-refractivity contribution in [2.24, 2.45) is 0 Å². The molecule has 0 saturated carbocycles. The molecule has 6 heteroatoms. The normalized spacial score (nSPS) is 14.9. The minimum absolute atomic E-state index is 0.0499. The Labute approximate surface area is 158 Å². The number of piperazine rings is 1. The van der Waals surface area contributed by atoms with Crippen molar-refractivity contribution in [3.8, 4) is 0 Å². The Hall–Kier alpha value is -2.37. The van der Waals surface area contributed by atoms with Gasteiger partial charge in [0.15, 0.2) is 0 Å². The second-order valence-corrected chi connectivity index (χ2v) is 6.87. The highest BCUT2D eigenvalue weighted by molar-refractivity contribution is 6.33. The average molecular weight is 372 g/mol. The molecule has 0 atom stereocenters. The van der Waals surface area contributed by atoms with Gasteiger partial charge in [-0.15, -0.1) is 0 Å². The average Bonchev–Trinajstić information content (AvgIpc) is 2.64. The van der Waals surface area contributed by atoms with Crippen LogP contribution in [0.25, 0.3) is 0 Å². The lowest BCUT2D eigenvalue weighted by atomic mass is 10.1. The molecule has 1 heterocycles. The molecule has 0 aromatic heterocycles. The first-order chi connectivity index (χ1) is 12.5. The van der Waals surface area contributed by atoms with Crippen molar-refractivity contribution in [3.05, 3.63) is 64.7 Å². The number of aryl methyl sites for hydroxylation is 1. The first kappa shape index (κ1) is 18.4. The van der Waals surface area contributed by atoms with E-state index in [4.69, 9.17) is 11.6 Å². The Bertz CT molecular complexity index is 801. The molecule has 2 aromatic carbocycles. The summed E-state index contributed by atoms with van der Waals surface area (Å²) in [6.07, 6.45) is 0. The van der Waals surface area contributed by atoms with Crippen molar-refractivity contribution in [1.82, 2.24) is 9.80 Å². The minimum atomic E-state index is -0.100. The molecule has 0 spiro atoms. The van der Waals surface area contributed by atoms with E-state index in [9.17, 15) is 9.59 Å². The monoisotopic (exact) mass is 371 g/mol. The van der Waals surface area contributed by atoms with E-state index in [1.165, 1.54) is 0 Å². The number of hydrogen-bond acceptors (Lipinski definition) is 3. The van der Waals surface area contributed by atoms with Crippen LogP contribution >= 0.6 is 11.6 Å². The zero-order valence-corrected chi connectivity index (χ0v) is 15.5. The van der Waals surface area contributed by atoms with Crippen molar-refractivity contribution in [2.45, 2.75) is 6.92 Å². The number of anilines is 1. The molecule has 2 aromatic rings. The van der Waals surface area contributed by atoms with Gasteiger partial charge in [-0.1, -0.05) is 41.4 Å². The fraction of sp³-hybridized carbons (Fsp3) is 0.300. The number of carbonyl (C=O) groups excluding carboxylic acids is 2. The zero-order valence-electron chi connectivity index (χ0n) is 14.7. The van der Waals surface area contributed by atoms with E-state index in [0.717, 1.165) is 11.1 Å². The van der Waals surface area contributed by atoms with Crippen molar-refractivity contribution < 1.29 is 9.59 Å². The second-order valence-electron chi connectivity index (χ2n) is 6.47. The maximum atomic E-state index is 12.6. The van der Waals surface area contributed by atoms with Gasteiger partial charge < -0.3 is 10.2 Å². The highest BCUT2D eigenvalue weighted by atomic mass is 35.5. The smallest absolute Gasteiger partial charge is 0.253 e. The van der Waals surface area contributed by atoms with Gasteiger partial charge in [0.2, 0.25) is 5.91 Å². The van der Waals surface area contributed by atoms with Crippen LogP contribution in [0.4, 0.5) is 5.69 Å². The van der Waals surface area contributed by atoms with Gasteiger partial charge in [-0.05, 0) is 31.2 Å². The largest absolute Gasteiger partial charge is 0.336 e. The first-order valence-electron chi connectivity index (χ1n) is 8.65. The number of rotatable bonds is 4. The Morgan fingerprint density at radius 2 is 1.77 bits per heavy atom. The Kier molecular flexibility index (Phi) is 5.91. The van der Waals surface area contributed by atoms with Gasteiger partial charge in [-0.25, -0.2) is 0 Å². The Morgan fingerprint density at radius 1 is 1.04 bits per heavy atom. The van der Waals surface area contributed by atoms with E-state index in [2.05, 4.69) is 5.32 Å². The van der Waals surface area contributed by atoms with E-state index < -0.39 is 0 Å². The van der Waals surface area contributed by atoms with Crippen LogP contribution in [0, 0.1) is 6.92 Å². The van der Waals surface area contributed by atoms with Crippen LogP contribution in [0.5, 0.6) is 0 Å². The number of benzene rings is 2. The number of hydrogen-bond donors (Lipinski definition) is 1. The summed E-state index contributed by atoms with van der Waals surface area (Å²) < 4.78 is 0. The number of nitrogens with zero attached hydrogens (tertiary/aromatic N) is 2. The van der Waals surface area contributed by atoms with Gasteiger partial charge in [0.05, 0.1) is 17.3 Å². The van der Waals surface area contributed by atoms with Gasteiger partial charge in [-0.3, -0.25) is 14.5 Å². The van der Waals surface area contributed by atoms with Crippen molar-refractivity contribution in [1.29, 1.82) is 0 Å². The molecule has 1 aliphatic heterocycles. The predicted octanol–water partition coefficient (Wildman–Crippen LogP) is 3.04. The number of carbonyl (C=O) groups is 2. The Balaban J connectivity index is 1.50. The molecular weight excluding hydrogens is 350 g/mol. The summed E-state index contributed by atoms with van der Waals surface area (Å²) >= 11 is 6.06. The highest BCUT2D eigenvalue weighted by Crippen LogP contribution is 2.20. The lowest BCUT2D eigenvalue weighted by molar-refractivity contribution is -0.117. The number of halogens is 1. The van der Waals surface area contributed by atoms with Crippen LogP contribution < -0.4 is 5.32 Å². The molecule has 0 radical (unpaired) electrons. The van der Waals surface area contributed by atoms with E-state index >= 15 is 0 Å². The summed E-state index contributed by atoms with van der Waals surface area (Å²) in [6, 6.07) is 14.8. The van der Waals surface area contributed by atoms with Crippen molar-refractivity contribution >= 4 is 29.1 Å². The molecule has 5 nitrogen and oxygen atoms in total. The SMILES string of the molecule is Cc1cccc(C(=O)N2CCN(CC(=O)Nc3ccccc3Cl)CC2)c1. The lowest BCUT2D eigenvalue weighted by Gasteiger charge is -2.34. The van der Waals surface area contributed by atoms with Gasteiger partial charge in [0.1, 0.15) is 0 Å². The predicted molar refractivity (Wildman–Crippen MR) is 104 cm³/mol. The molecule has 2 amide bonds. The zero-order chi connectivity index (χ0) is 18.5. The summed E-state index contributed by atoms with van der Waals surface area (Å²) in [5, 5.41) is 3.35. The highest BCUT2D eigenvalue weighted by Gasteiger charge is 2.23. The molecule has 3 rings (SSSR count). The first-order valence-corrected chi connectivity index (χ1v) is 9.03. The summed E-state index contributed by atoms with van der Waals surface area (Å²) in [4.78, 5) is 28.7. The molecule has 0 aliphatic carbocycles. The van der Waals surface area contributed by atoms with Crippen LogP contribution in [-0.4, -0.2) is 54.3 Å². The number of amides is 2. The molecule has 1 aliphatic rings. The quantitative estimate of drug-likeness (QED) is 0.898. The van der Waals surface area contributed by atoms with Crippen LogP contribution in [0.3, 0.4) is 0 Å². The van der Waals surface area contributed by atoms with E-state index in [1.807, 2.05) is 53.1 Å². The molecule has 26 heavy (non-hydrogen) atoms. The molecule has 1 saturated heterocycles. The van der Waals surface area contributed by atoms with Gasteiger partial charge in [0, 0.05) is 31.7 Å². The number of nitrogens with one attached hydrogen (secondary N) is 1. The van der Waals surface area contributed by atoms with Crippen LogP contribution in [0.2, 0.25) is 5.02 Å². The third kappa shape index (κ3) is 4.62.